The van der Waals surface area contributed by atoms with Gasteiger partial charge in [0.1, 0.15) is 11.9 Å². The molecule has 1 aromatic carbocycles. The first-order chi connectivity index (χ1) is 17.4. The fourth-order valence-corrected chi connectivity index (χ4v) is 7.92. The summed E-state index contributed by atoms with van der Waals surface area (Å²) in [6.45, 7) is 10.5. The Labute approximate surface area is 233 Å². The van der Waals surface area contributed by atoms with E-state index in [0.29, 0.717) is 41.4 Å². The molecule has 0 unspecified atom stereocenters. The third-order valence-corrected chi connectivity index (χ3v) is 10.4. The third kappa shape index (κ3) is 5.69. The summed E-state index contributed by atoms with van der Waals surface area (Å²) in [5, 5.41) is 6.98. The lowest BCUT2D eigenvalue weighted by atomic mass is 9.38. The van der Waals surface area contributed by atoms with E-state index in [1.54, 1.807) is 18.2 Å². The summed E-state index contributed by atoms with van der Waals surface area (Å²) in [5.41, 5.74) is -1.14. The van der Waals surface area contributed by atoms with Gasteiger partial charge in [-0.2, -0.15) is 4.31 Å². The zero-order valence-corrected chi connectivity index (χ0v) is 24.7. The molecule has 4 aliphatic rings. The van der Waals surface area contributed by atoms with Crippen molar-refractivity contribution in [3.63, 3.8) is 0 Å². The molecule has 38 heavy (non-hydrogen) atoms. The van der Waals surface area contributed by atoms with E-state index in [2.05, 4.69) is 10.6 Å². The van der Waals surface area contributed by atoms with Crippen LogP contribution in [0.5, 0.6) is 0 Å². The van der Waals surface area contributed by atoms with Gasteiger partial charge in [0.05, 0.1) is 21.3 Å². The lowest BCUT2D eigenvalue weighted by Gasteiger charge is -2.73. The van der Waals surface area contributed by atoms with Gasteiger partial charge >= 0.3 is 0 Å². The average molecular weight is 594 g/mol. The summed E-state index contributed by atoms with van der Waals surface area (Å²) >= 11 is 12.2. The van der Waals surface area contributed by atoms with Crippen molar-refractivity contribution in [2.24, 2.45) is 15.8 Å². The van der Waals surface area contributed by atoms with Crippen LogP contribution in [-0.4, -0.2) is 60.3 Å². The maximum absolute atomic E-state index is 13.3. The van der Waals surface area contributed by atoms with Crippen LogP contribution in [0.3, 0.4) is 0 Å². The van der Waals surface area contributed by atoms with E-state index in [-0.39, 0.29) is 23.3 Å². The number of halogens is 4. The lowest BCUT2D eigenvalue weighted by molar-refractivity contribution is -0.151. The molecule has 1 heterocycles. The molecule has 2 N–H and O–H groups in total. The zero-order valence-electron chi connectivity index (χ0n) is 22.4. The van der Waals surface area contributed by atoms with E-state index >= 15 is 0 Å². The van der Waals surface area contributed by atoms with E-state index in [9.17, 15) is 22.0 Å². The molecule has 0 aromatic heterocycles. The summed E-state index contributed by atoms with van der Waals surface area (Å²) in [4.78, 5) is 17.8. The second-order valence-corrected chi connectivity index (χ2v) is 15.6. The molecule has 5 rings (SSSR count). The van der Waals surface area contributed by atoms with Crippen LogP contribution < -0.4 is 10.6 Å². The molecular formula is C26H36Cl2F2N4O3S. The topological polar surface area (TPSA) is 90.9 Å². The highest BCUT2D eigenvalue weighted by Gasteiger charge is 2.75. The fraction of sp³-hybridized carbons (Fsp3) is 0.692. The smallest absolute Gasteiger partial charge is 0.245 e. The van der Waals surface area contributed by atoms with E-state index in [1.165, 1.54) is 4.31 Å². The predicted octanol–water partition coefficient (Wildman–Crippen LogP) is 5.01. The van der Waals surface area contributed by atoms with E-state index in [0.717, 1.165) is 5.84 Å². The van der Waals surface area contributed by atoms with Crippen LogP contribution in [0.25, 0.3) is 0 Å². The van der Waals surface area contributed by atoms with Gasteiger partial charge in [0, 0.05) is 30.5 Å². The van der Waals surface area contributed by atoms with Crippen molar-refractivity contribution in [1.29, 1.82) is 0 Å². The first-order valence-electron chi connectivity index (χ1n) is 12.8. The molecule has 0 spiro atoms. The number of hydrogen-bond donors (Lipinski definition) is 2. The quantitative estimate of drug-likeness (QED) is 0.399. The van der Waals surface area contributed by atoms with Gasteiger partial charge < -0.3 is 10.6 Å². The van der Waals surface area contributed by atoms with Crippen LogP contribution in [0.4, 0.5) is 8.78 Å². The number of sulfonamides is 1. The second kappa shape index (κ2) is 9.85. The van der Waals surface area contributed by atoms with Crippen LogP contribution in [0.1, 0.15) is 65.9 Å². The highest BCUT2D eigenvalue weighted by Crippen LogP contribution is 2.71. The molecule has 1 aliphatic heterocycles. The summed E-state index contributed by atoms with van der Waals surface area (Å²) < 4.78 is 53.9. The number of nitrogens with one attached hydrogen (secondary N) is 2. The highest BCUT2D eigenvalue weighted by atomic mass is 35.5. The number of benzene rings is 1. The summed E-state index contributed by atoms with van der Waals surface area (Å²) in [5.74, 6) is -0.0382. The number of amidine groups is 1. The molecule has 0 radical (unpaired) electrons. The average Bonchev–Trinajstić information content (AvgIpc) is 3.05. The molecule has 1 atom stereocenters. The minimum Gasteiger partial charge on any atom is -0.360 e. The van der Waals surface area contributed by atoms with Gasteiger partial charge in [-0.1, -0.05) is 50.0 Å². The largest absolute Gasteiger partial charge is 0.360 e. The SMILES string of the molecule is CC(C)(C)CNC(=O)[C@@H]1NC(C23CC(N(Cc4ccc(Cl)c(Cl)c4)S(=O)(=O)CCC(F)F)(C2)C3)=NC1(C)C. The predicted molar refractivity (Wildman–Crippen MR) is 146 cm³/mol. The Hall–Kier alpha value is -1.49. The summed E-state index contributed by atoms with van der Waals surface area (Å²) in [6.07, 6.45) is -1.92. The Kier molecular flexibility index (Phi) is 7.65. The number of carbonyl (C=O) groups excluding carboxylic acids is 1. The van der Waals surface area contributed by atoms with Crippen LogP contribution in [-0.2, 0) is 21.4 Å². The molecule has 1 amide bonds. The Morgan fingerprint density at radius 3 is 2.39 bits per heavy atom. The van der Waals surface area contributed by atoms with Gasteiger partial charge in [-0.05, 0) is 56.2 Å². The van der Waals surface area contributed by atoms with Crippen LogP contribution >= 0.6 is 23.2 Å². The Morgan fingerprint density at radius 1 is 1.21 bits per heavy atom. The molecular weight excluding hydrogens is 557 g/mol. The first kappa shape index (κ1) is 29.5. The van der Waals surface area contributed by atoms with Crippen molar-refractivity contribution in [3.8, 4) is 0 Å². The minimum absolute atomic E-state index is 0.0156. The molecule has 3 aliphatic carbocycles. The van der Waals surface area contributed by atoms with Crippen molar-refractivity contribution in [3.05, 3.63) is 33.8 Å². The summed E-state index contributed by atoms with van der Waals surface area (Å²) in [7, 11) is -3.99. The number of amides is 1. The van der Waals surface area contributed by atoms with Gasteiger partial charge in [0.2, 0.25) is 22.4 Å². The first-order valence-corrected chi connectivity index (χ1v) is 15.1. The molecule has 0 saturated heterocycles. The van der Waals surface area contributed by atoms with Gasteiger partial charge in [0.15, 0.2) is 0 Å². The maximum Gasteiger partial charge on any atom is 0.245 e. The molecule has 7 nitrogen and oxygen atoms in total. The number of hydrogen-bond acceptors (Lipinski definition) is 5. The second-order valence-electron chi connectivity index (χ2n) is 12.8. The van der Waals surface area contributed by atoms with E-state index in [4.69, 9.17) is 28.2 Å². The number of alkyl halides is 2. The normalized spacial score (nSPS) is 28.0. The van der Waals surface area contributed by atoms with Crippen molar-refractivity contribution >= 4 is 45.0 Å². The van der Waals surface area contributed by atoms with Crippen molar-refractivity contribution < 1.29 is 22.0 Å². The van der Waals surface area contributed by atoms with E-state index < -0.39 is 45.7 Å². The summed E-state index contributed by atoms with van der Waals surface area (Å²) in [6, 6.07) is 4.35. The standard InChI is InChI=1S/C26H36Cl2F2N4O3S/c1-23(2,3)15-31-21(35)20-24(4,5)33-22(32-20)25-12-26(13-25,14-25)34(38(36,37)9-8-19(29)30)11-16-6-7-17(27)18(28)10-16/h6-7,10,19-20H,8-9,11-15H2,1-5H3,(H,31,35)(H,32,33)/t20-,25?,26?/m0/s1. The Morgan fingerprint density at radius 2 is 1.84 bits per heavy atom. The molecule has 1 aromatic rings. The van der Waals surface area contributed by atoms with Crippen LogP contribution in [0.2, 0.25) is 10.0 Å². The lowest BCUT2D eigenvalue weighted by Crippen LogP contribution is -2.78. The Bertz CT molecular complexity index is 1230. The molecule has 2 bridgehead atoms. The molecule has 3 saturated carbocycles. The molecule has 3 fully saturated rings. The minimum atomic E-state index is -3.99. The zero-order chi connectivity index (χ0) is 28.3. The molecule has 12 heteroatoms. The van der Waals surface area contributed by atoms with Crippen LogP contribution in [0, 0.1) is 10.8 Å². The number of aliphatic imine (C=N–C) groups is 1. The monoisotopic (exact) mass is 592 g/mol. The van der Waals surface area contributed by atoms with Gasteiger partial charge in [-0.3, -0.25) is 9.79 Å². The number of rotatable bonds is 10. The number of nitrogens with zero attached hydrogens (tertiary/aromatic N) is 2. The fourth-order valence-electron chi connectivity index (χ4n) is 5.77. The van der Waals surface area contributed by atoms with Crippen LogP contribution in [0.15, 0.2) is 23.2 Å². The van der Waals surface area contributed by atoms with Gasteiger partial charge in [-0.15, -0.1) is 0 Å². The Balaban J connectivity index is 1.51. The van der Waals surface area contributed by atoms with Gasteiger partial charge in [-0.25, -0.2) is 17.2 Å². The van der Waals surface area contributed by atoms with Crippen molar-refractivity contribution in [2.45, 2.75) is 90.4 Å². The van der Waals surface area contributed by atoms with Crippen molar-refractivity contribution in [2.75, 3.05) is 12.3 Å². The molecule has 212 valence electrons. The number of carbonyl (C=O) groups is 1. The third-order valence-electron chi connectivity index (χ3n) is 7.72. The van der Waals surface area contributed by atoms with Gasteiger partial charge in [0.25, 0.3) is 0 Å². The van der Waals surface area contributed by atoms with Crippen molar-refractivity contribution in [1.82, 2.24) is 14.9 Å². The maximum atomic E-state index is 13.3. The highest BCUT2D eigenvalue weighted by molar-refractivity contribution is 7.89. The van der Waals surface area contributed by atoms with E-state index in [1.807, 2.05) is 34.6 Å².